The molecule has 0 spiro atoms. The average Bonchev–Trinajstić information content (AvgIpc) is 2.72. The molecule has 0 aromatic heterocycles. The van der Waals surface area contributed by atoms with Crippen LogP contribution in [0, 0.1) is 17.3 Å². The quantitative estimate of drug-likeness (QED) is 0.210. The van der Waals surface area contributed by atoms with Crippen molar-refractivity contribution in [1.82, 2.24) is 0 Å². The van der Waals surface area contributed by atoms with Crippen molar-refractivity contribution in [1.29, 1.82) is 0 Å². The normalized spacial score (nSPS) is 11.7. The first kappa shape index (κ1) is 19.1. The zero-order valence-electron chi connectivity index (χ0n) is 14.0. The molecule has 0 aliphatic rings. The number of terminal acetylenes is 1. The number of ether oxygens (including phenoxy) is 2. The van der Waals surface area contributed by atoms with E-state index in [0.29, 0.717) is 22.6 Å². The van der Waals surface area contributed by atoms with Crippen LogP contribution < -0.4 is 9.47 Å². The van der Waals surface area contributed by atoms with E-state index < -0.39 is 5.54 Å². The fourth-order valence-electron chi connectivity index (χ4n) is 2.31. The van der Waals surface area contributed by atoms with Crippen LogP contribution in [-0.4, -0.2) is 13.5 Å². The van der Waals surface area contributed by atoms with E-state index in [1.807, 2.05) is 0 Å². The summed E-state index contributed by atoms with van der Waals surface area (Å²) in [5.41, 5.74) is 15.9. The number of benzene rings is 2. The van der Waals surface area contributed by atoms with E-state index in [-0.39, 0.29) is 13.5 Å². The monoisotopic (exact) mass is 363 g/mol. The van der Waals surface area contributed by atoms with E-state index in [2.05, 4.69) is 31.1 Å². The van der Waals surface area contributed by atoms with Crippen molar-refractivity contribution in [2.24, 2.45) is 15.4 Å². The second-order valence-electron chi connectivity index (χ2n) is 5.00. The first-order valence-corrected chi connectivity index (χ1v) is 7.51. The van der Waals surface area contributed by atoms with Gasteiger partial charge in [-0.05, 0) is 40.5 Å². The zero-order chi connectivity index (χ0) is 19.5. The van der Waals surface area contributed by atoms with Crippen LogP contribution in [-0.2, 0) is 5.54 Å². The summed E-state index contributed by atoms with van der Waals surface area (Å²) in [6, 6.07) is 12.8. The van der Waals surface area contributed by atoms with Crippen LogP contribution in [0.2, 0.25) is 0 Å². The number of rotatable bonds is 9. The Morgan fingerprint density at radius 2 is 1.30 bits per heavy atom. The number of hydrogen-bond donors (Lipinski definition) is 0. The highest BCUT2D eigenvalue weighted by atomic mass is 16.5. The van der Waals surface area contributed by atoms with E-state index in [1.165, 1.54) is 0 Å². The molecular weight excluding hydrogens is 350 g/mol. The molecule has 0 heterocycles. The van der Waals surface area contributed by atoms with Crippen molar-refractivity contribution >= 4 is 0 Å². The van der Waals surface area contributed by atoms with E-state index in [9.17, 15) is 4.91 Å². The van der Waals surface area contributed by atoms with Crippen LogP contribution in [0.25, 0.3) is 20.9 Å². The van der Waals surface area contributed by atoms with Gasteiger partial charge in [0.25, 0.3) is 0 Å². The van der Waals surface area contributed by atoms with Crippen LogP contribution >= 0.6 is 0 Å². The minimum absolute atomic E-state index is 0.153. The smallest absolute Gasteiger partial charge is 0.212 e. The molecular formula is C17H13N7O3. The average molecular weight is 363 g/mol. The van der Waals surface area contributed by atoms with E-state index in [4.69, 9.17) is 27.0 Å². The second-order valence-corrected chi connectivity index (χ2v) is 5.00. The third-order valence-electron chi connectivity index (χ3n) is 3.59. The summed E-state index contributed by atoms with van der Waals surface area (Å²) < 4.78 is 10.4. The molecule has 0 amide bonds. The molecule has 0 N–H and O–H groups in total. The van der Waals surface area contributed by atoms with Gasteiger partial charge in [-0.1, -0.05) is 40.4 Å². The molecule has 2 aromatic rings. The SMILES string of the molecule is C#CC(N=O)(c1ccc(OCN=[N+]=[N-])cc1)c1ccc(OCN=[N+]=[N-])cc1. The summed E-state index contributed by atoms with van der Waals surface area (Å²) in [6.45, 7) is -0.307. The molecule has 0 fully saturated rings. The molecule has 10 heteroatoms. The lowest BCUT2D eigenvalue weighted by molar-refractivity contribution is 0.329. The molecule has 0 radical (unpaired) electrons. The van der Waals surface area contributed by atoms with Crippen molar-refractivity contribution in [3.63, 3.8) is 0 Å². The fraction of sp³-hybridized carbons (Fsp3) is 0.176. The Hall–Kier alpha value is -4.18. The van der Waals surface area contributed by atoms with E-state index >= 15 is 0 Å². The van der Waals surface area contributed by atoms with Gasteiger partial charge >= 0.3 is 0 Å². The molecule has 2 rings (SSSR count). The summed E-state index contributed by atoms with van der Waals surface area (Å²) in [6.07, 6.45) is 5.64. The number of hydrogen-bond acceptors (Lipinski definition) is 6. The third-order valence-corrected chi connectivity index (χ3v) is 3.59. The van der Waals surface area contributed by atoms with Crippen LogP contribution in [0.15, 0.2) is 63.9 Å². The Balaban J connectivity index is 2.28. The van der Waals surface area contributed by atoms with Gasteiger partial charge in [-0.2, -0.15) is 0 Å². The lowest BCUT2D eigenvalue weighted by atomic mass is 9.84. The van der Waals surface area contributed by atoms with Crippen LogP contribution in [0.3, 0.4) is 0 Å². The topological polar surface area (TPSA) is 145 Å². The molecule has 0 atom stereocenters. The molecule has 0 unspecified atom stereocenters. The van der Waals surface area contributed by atoms with Gasteiger partial charge in [0, 0.05) is 21.0 Å². The molecule has 10 nitrogen and oxygen atoms in total. The molecule has 0 aliphatic heterocycles. The highest BCUT2D eigenvalue weighted by molar-refractivity contribution is 5.49. The summed E-state index contributed by atoms with van der Waals surface area (Å²) in [5, 5.41) is 9.73. The van der Waals surface area contributed by atoms with Gasteiger partial charge < -0.3 is 9.47 Å². The van der Waals surface area contributed by atoms with Gasteiger partial charge in [0.2, 0.25) is 5.54 Å². The Morgan fingerprint density at radius 1 is 0.889 bits per heavy atom. The first-order chi connectivity index (χ1) is 13.2. The van der Waals surface area contributed by atoms with Crippen molar-refractivity contribution in [3.05, 3.63) is 85.5 Å². The second kappa shape index (κ2) is 9.34. The predicted molar refractivity (Wildman–Crippen MR) is 97.6 cm³/mol. The minimum atomic E-state index is -1.54. The summed E-state index contributed by atoms with van der Waals surface area (Å²) in [4.78, 5) is 16.9. The molecule has 0 saturated heterocycles. The fourth-order valence-corrected chi connectivity index (χ4v) is 2.31. The summed E-state index contributed by atoms with van der Waals surface area (Å²) in [7, 11) is 0. The molecule has 0 aliphatic carbocycles. The van der Waals surface area contributed by atoms with Gasteiger partial charge in [-0.3, -0.25) is 0 Å². The molecule has 134 valence electrons. The Kier molecular flexibility index (Phi) is 6.63. The Morgan fingerprint density at radius 3 is 1.59 bits per heavy atom. The van der Waals surface area contributed by atoms with Gasteiger partial charge in [-0.25, -0.2) is 0 Å². The van der Waals surface area contributed by atoms with E-state index in [1.54, 1.807) is 48.5 Å². The van der Waals surface area contributed by atoms with Crippen molar-refractivity contribution in [2.75, 3.05) is 13.5 Å². The maximum Gasteiger partial charge on any atom is 0.212 e. The van der Waals surface area contributed by atoms with Crippen LogP contribution in [0.1, 0.15) is 11.1 Å². The number of azide groups is 2. The van der Waals surface area contributed by atoms with Gasteiger partial charge in [0.05, 0.1) is 0 Å². The third kappa shape index (κ3) is 4.46. The van der Waals surface area contributed by atoms with E-state index in [0.717, 1.165) is 0 Å². The van der Waals surface area contributed by atoms with Crippen molar-refractivity contribution < 1.29 is 9.47 Å². The molecule has 27 heavy (non-hydrogen) atoms. The summed E-state index contributed by atoms with van der Waals surface area (Å²) in [5.74, 6) is 3.35. The lowest BCUT2D eigenvalue weighted by Gasteiger charge is -2.22. The number of nitroso groups, excluding NO2 is 1. The minimum Gasteiger partial charge on any atom is -0.488 e. The highest BCUT2D eigenvalue weighted by Gasteiger charge is 2.34. The molecule has 0 bridgehead atoms. The summed E-state index contributed by atoms with van der Waals surface area (Å²) >= 11 is 0. The first-order valence-electron chi connectivity index (χ1n) is 7.51. The van der Waals surface area contributed by atoms with Crippen molar-refractivity contribution in [2.45, 2.75) is 5.54 Å². The lowest BCUT2D eigenvalue weighted by Crippen LogP contribution is -2.22. The predicted octanol–water partition coefficient (Wildman–Crippen LogP) is 4.62. The maximum absolute atomic E-state index is 11.7. The zero-order valence-corrected chi connectivity index (χ0v) is 14.0. The Labute approximate surface area is 154 Å². The van der Waals surface area contributed by atoms with Gasteiger partial charge in [0.1, 0.15) is 11.5 Å². The molecule has 2 aromatic carbocycles. The molecule has 0 saturated carbocycles. The Bertz CT molecular complexity index is 857. The largest absolute Gasteiger partial charge is 0.488 e. The van der Waals surface area contributed by atoms with Gasteiger partial charge in [-0.15, -0.1) is 11.3 Å². The highest BCUT2D eigenvalue weighted by Crippen LogP contribution is 2.35. The standard InChI is InChI=1S/C17H13N7O3/c1-2-17(22-25,13-3-7-15(8-4-13)26-11-20-23-18)14-5-9-16(10-6-14)27-12-21-24-19/h1,3-10H,11-12H2. The van der Waals surface area contributed by atoms with Crippen LogP contribution in [0.5, 0.6) is 11.5 Å². The van der Waals surface area contributed by atoms with Gasteiger partial charge in [0.15, 0.2) is 13.5 Å². The maximum atomic E-state index is 11.7. The van der Waals surface area contributed by atoms with Crippen molar-refractivity contribution in [3.8, 4) is 23.8 Å². The van der Waals surface area contributed by atoms with Crippen LogP contribution in [0.4, 0.5) is 0 Å². The number of nitrogens with zero attached hydrogens (tertiary/aromatic N) is 7.